The summed E-state index contributed by atoms with van der Waals surface area (Å²) in [6.07, 6.45) is 2.69. The number of ether oxygens (including phenoxy) is 1. The van der Waals surface area contributed by atoms with Crippen LogP contribution < -0.4 is 4.74 Å². The fourth-order valence-corrected chi connectivity index (χ4v) is 2.28. The van der Waals surface area contributed by atoms with E-state index in [1.165, 1.54) is 12.1 Å². The van der Waals surface area contributed by atoms with E-state index in [2.05, 4.69) is 0 Å². The number of benzene rings is 1. The Balaban J connectivity index is 2.01. The molecule has 1 aliphatic rings. The Morgan fingerprint density at radius 3 is 2.61 bits per heavy atom. The fourth-order valence-electron chi connectivity index (χ4n) is 2.28. The lowest BCUT2D eigenvalue weighted by molar-refractivity contribution is 0.000301. The summed E-state index contributed by atoms with van der Waals surface area (Å²) < 4.78 is 19.0. The lowest BCUT2D eigenvalue weighted by Crippen LogP contribution is -2.32. The van der Waals surface area contributed by atoms with E-state index in [-0.39, 0.29) is 12.4 Å². The van der Waals surface area contributed by atoms with Crippen LogP contribution in [0, 0.1) is 5.82 Å². The van der Waals surface area contributed by atoms with Gasteiger partial charge in [0.05, 0.1) is 11.7 Å². The molecular weight excluding hydrogens is 235 g/mol. The van der Waals surface area contributed by atoms with Gasteiger partial charge in [-0.1, -0.05) is 18.9 Å². The first-order valence-electron chi connectivity index (χ1n) is 6.33. The Morgan fingerprint density at radius 2 is 2.06 bits per heavy atom. The quantitative estimate of drug-likeness (QED) is 0.868. The van der Waals surface area contributed by atoms with E-state index < -0.39 is 17.5 Å². The predicted octanol–water partition coefficient (Wildman–Crippen LogP) is 2.56. The van der Waals surface area contributed by atoms with Crippen molar-refractivity contribution in [2.45, 2.75) is 44.3 Å². The van der Waals surface area contributed by atoms with Crippen molar-refractivity contribution in [3.05, 3.63) is 29.6 Å². The van der Waals surface area contributed by atoms with E-state index in [1.807, 2.05) is 0 Å². The van der Waals surface area contributed by atoms with Gasteiger partial charge in [0.1, 0.15) is 6.61 Å². The van der Waals surface area contributed by atoms with Crippen LogP contribution >= 0.6 is 0 Å². The zero-order valence-corrected chi connectivity index (χ0v) is 10.5. The Labute approximate surface area is 106 Å². The maximum Gasteiger partial charge on any atom is 0.165 e. The Morgan fingerprint density at radius 1 is 1.39 bits per heavy atom. The van der Waals surface area contributed by atoms with E-state index in [1.54, 1.807) is 13.0 Å². The summed E-state index contributed by atoms with van der Waals surface area (Å²) >= 11 is 0. The molecule has 3 nitrogen and oxygen atoms in total. The van der Waals surface area contributed by atoms with Crippen LogP contribution in [0.2, 0.25) is 0 Å². The second-order valence-corrected chi connectivity index (χ2v) is 5.09. The van der Waals surface area contributed by atoms with Crippen molar-refractivity contribution in [2.75, 3.05) is 6.61 Å². The molecule has 0 bridgehead atoms. The lowest BCUT2D eigenvalue weighted by atomic mass is 10.0. The van der Waals surface area contributed by atoms with Crippen LogP contribution in [0.3, 0.4) is 0 Å². The van der Waals surface area contributed by atoms with Gasteiger partial charge in [-0.2, -0.15) is 0 Å². The molecule has 1 aromatic rings. The predicted molar refractivity (Wildman–Crippen MR) is 65.9 cm³/mol. The minimum Gasteiger partial charge on any atom is -0.488 e. The van der Waals surface area contributed by atoms with Crippen LogP contribution in [-0.2, 0) is 0 Å². The van der Waals surface area contributed by atoms with Crippen LogP contribution in [0.25, 0.3) is 0 Å². The zero-order chi connectivity index (χ0) is 13.2. The minimum atomic E-state index is -0.810. The summed E-state index contributed by atoms with van der Waals surface area (Å²) in [5, 5.41) is 19.4. The first-order valence-corrected chi connectivity index (χ1v) is 6.33. The van der Waals surface area contributed by atoms with Gasteiger partial charge in [0.15, 0.2) is 11.6 Å². The molecule has 1 saturated carbocycles. The van der Waals surface area contributed by atoms with E-state index in [9.17, 15) is 14.6 Å². The highest BCUT2D eigenvalue weighted by Gasteiger charge is 2.32. The number of rotatable bonds is 4. The number of hydrogen-bond acceptors (Lipinski definition) is 3. The smallest absolute Gasteiger partial charge is 0.165 e. The van der Waals surface area contributed by atoms with Gasteiger partial charge in [0.25, 0.3) is 0 Å². The maximum absolute atomic E-state index is 13.7. The summed E-state index contributed by atoms with van der Waals surface area (Å²) in [5.41, 5.74) is -0.297. The molecule has 1 atom stereocenters. The highest BCUT2D eigenvalue weighted by molar-refractivity contribution is 5.30. The first-order chi connectivity index (χ1) is 8.50. The van der Waals surface area contributed by atoms with E-state index >= 15 is 0 Å². The van der Waals surface area contributed by atoms with Gasteiger partial charge in [0.2, 0.25) is 0 Å². The molecule has 0 aliphatic heterocycles. The first kappa shape index (κ1) is 13.3. The van der Waals surface area contributed by atoms with Gasteiger partial charge >= 0.3 is 0 Å². The molecule has 4 heteroatoms. The summed E-state index contributed by atoms with van der Waals surface area (Å²) in [4.78, 5) is 0. The topological polar surface area (TPSA) is 49.7 Å². The third-order valence-corrected chi connectivity index (χ3v) is 3.47. The maximum atomic E-state index is 13.7. The molecule has 0 saturated heterocycles. The van der Waals surface area contributed by atoms with Crippen molar-refractivity contribution in [1.29, 1.82) is 0 Å². The standard InChI is InChI=1S/C14H19FO3/c1-10(16)11-4-5-13(12(15)8-11)18-9-14(17)6-2-3-7-14/h4-5,8,10,16-17H,2-3,6-7,9H2,1H3/t10-/m0/s1. The van der Waals surface area contributed by atoms with Crippen molar-refractivity contribution in [3.63, 3.8) is 0 Å². The average Bonchev–Trinajstić information content (AvgIpc) is 2.75. The number of hydrogen-bond donors (Lipinski definition) is 2. The molecule has 0 spiro atoms. The molecule has 0 unspecified atom stereocenters. The number of aliphatic hydroxyl groups excluding tert-OH is 1. The summed E-state index contributed by atoms with van der Waals surface area (Å²) in [6, 6.07) is 4.39. The van der Waals surface area contributed by atoms with Crippen molar-refractivity contribution in [3.8, 4) is 5.75 Å². The summed E-state index contributed by atoms with van der Waals surface area (Å²) in [5.74, 6) is -0.380. The van der Waals surface area contributed by atoms with Gasteiger partial charge in [-0.25, -0.2) is 4.39 Å². The molecule has 1 aromatic carbocycles. The van der Waals surface area contributed by atoms with E-state index in [4.69, 9.17) is 4.74 Å². The molecule has 0 amide bonds. The summed E-state index contributed by atoms with van der Waals surface area (Å²) in [7, 11) is 0. The van der Waals surface area contributed by atoms with Crippen molar-refractivity contribution < 1.29 is 19.3 Å². The second-order valence-electron chi connectivity index (χ2n) is 5.09. The largest absolute Gasteiger partial charge is 0.488 e. The van der Waals surface area contributed by atoms with Crippen molar-refractivity contribution in [1.82, 2.24) is 0 Å². The Hall–Kier alpha value is -1.13. The molecule has 18 heavy (non-hydrogen) atoms. The molecule has 1 aliphatic carbocycles. The van der Waals surface area contributed by atoms with Gasteiger partial charge in [-0.3, -0.25) is 0 Å². The highest BCUT2D eigenvalue weighted by atomic mass is 19.1. The number of aliphatic hydroxyl groups is 2. The van der Waals surface area contributed by atoms with Gasteiger partial charge in [-0.15, -0.1) is 0 Å². The highest BCUT2D eigenvalue weighted by Crippen LogP contribution is 2.31. The van der Waals surface area contributed by atoms with Crippen LogP contribution in [0.1, 0.15) is 44.3 Å². The zero-order valence-electron chi connectivity index (χ0n) is 10.5. The molecule has 2 N–H and O–H groups in total. The van der Waals surface area contributed by atoms with E-state index in [0.29, 0.717) is 18.4 Å². The molecule has 0 aromatic heterocycles. The van der Waals surface area contributed by atoms with Crippen molar-refractivity contribution in [2.24, 2.45) is 0 Å². The third kappa shape index (κ3) is 3.00. The molecule has 2 rings (SSSR count). The molecule has 1 fully saturated rings. The lowest BCUT2D eigenvalue weighted by Gasteiger charge is -2.22. The normalized spacial score (nSPS) is 19.8. The fraction of sp³-hybridized carbons (Fsp3) is 0.571. The SMILES string of the molecule is C[C@H](O)c1ccc(OCC2(O)CCCC2)c(F)c1. The Kier molecular flexibility index (Phi) is 3.88. The average molecular weight is 254 g/mol. The van der Waals surface area contributed by atoms with Crippen LogP contribution in [0.5, 0.6) is 5.75 Å². The number of halogens is 1. The van der Waals surface area contributed by atoms with Gasteiger partial charge in [-0.05, 0) is 37.5 Å². The second kappa shape index (κ2) is 5.24. The van der Waals surface area contributed by atoms with Crippen LogP contribution in [0.15, 0.2) is 18.2 Å². The minimum absolute atomic E-state index is 0.123. The van der Waals surface area contributed by atoms with Gasteiger partial charge in [0, 0.05) is 0 Å². The van der Waals surface area contributed by atoms with Crippen LogP contribution in [0.4, 0.5) is 4.39 Å². The Bertz CT molecular complexity index is 412. The van der Waals surface area contributed by atoms with Crippen LogP contribution in [-0.4, -0.2) is 22.4 Å². The monoisotopic (exact) mass is 254 g/mol. The van der Waals surface area contributed by atoms with Crippen molar-refractivity contribution >= 4 is 0 Å². The van der Waals surface area contributed by atoms with Gasteiger partial charge < -0.3 is 14.9 Å². The van der Waals surface area contributed by atoms with E-state index in [0.717, 1.165) is 12.8 Å². The molecule has 0 heterocycles. The third-order valence-electron chi connectivity index (χ3n) is 3.47. The molecule has 0 radical (unpaired) electrons. The molecular formula is C14H19FO3. The molecule has 100 valence electrons. The summed E-state index contributed by atoms with van der Waals surface area (Å²) in [6.45, 7) is 1.70.